The van der Waals surface area contributed by atoms with Crippen molar-refractivity contribution in [1.29, 1.82) is 0 Å². The standard InChI is InChI=1S/C22H21N5O2/c23-21(28)19-20(26-27-13-18(25-22(19)27)15-10-11-24-12-15)14-6-8-17(9-7-14)29-16-4-2-1-3-5-16/h1-9,13,15,24,26H,10-12H2,(H2,23,28). The first-order chi connectivity index (χ1) is 14.2. The van der Waals surface area contributed by atoms with Gasteiger partial charge in [-0.3, -0.25) is 9.89 Å². The molecule has 1 fully saturated rings. The summed E-state index contributed by atoms with van der Waals surface area (Å²) in [6, 6.07) is 17.1. The second-order valence-electron chi connectivity index (χ2n) is 7.21. The van der Waals surface area contributed by atoms with E-state index in [0.29, 0.717) is 28.6 Å². The van der Waals surface area contributed by atoms with E-state index in [1.54, 1.807) is 4.52 Å². The van der Waals surface area contributed by atoms with Crippen LogP contribution in [0.3, 0.4) is 0 Å². The number of H-pyrrole nitrogens is 1. The highest BCUT2D eigenvalue weighted by Gasteiger charge is 2.24. The third-order valence-corrected chi connectivity index (χ3v) is 5.28. The number of carbonyl (C=O) groups is 1. The lowest BCUT2D eigenvalue weighted by atomic mass is 10.1. The van der Waals surface area contributed by atoms with Crippen molar-refractivity contribution < 1.29 is 9.53 Å². The van der Waals surface area contributed by atoms with Crippen LogP contribution in [0.4, 0.5) is 0 Å². The Morgan fingerprint density at radius 1 is 1.10 bits per heavy atom. The number of para-hydroxylation sites is 1. The van der Waals surface area contributed by atoms with E-state index in [0.717, 1.165) is 36.5 Å². The largest absolute Gasteiger partial charge is 0.457 e. The van der Waals surface area contributed by atoms with E-state index >= 15 is 0 Å². The average molecular weight is 387 g/mol. The van der Waals surface area contributed by atoms with Crippen LogP contribution in [0.1, 0.15) is 28.4 Å². The number of imidazole rings is 1. The Labute approximate surface area is 167 Å². The van der Waals surface area contributed by atoms with E-state index in [1.807, 2.05) is 60.8 Å². The zero-order chi connectivity index (χ0) is 19.8. The van der Waals surface area contributed by atoms with Gasteiger partial charge in [0, 0.05) is 18.0 Å². The summed E-state index contributed by atoms with van der Waals surface area (Å²) in [5.74, 6) is 1.35. The first kappa shape index (κ1) is 17.5. The summed E-state index contributed by atoms with van der Waals surface area (Å²) in [6.07, 6.45) is 3.00. The van der Waals surface area contributed by atoms with Crippen molar-refractivity contribution in [3.8, 4) is 22.8 Å². The quantitative estimate of drug-likeness (QED) is 0.489. The van der Waals surface area contributed by atoms with Crippen LogP contribution in [-0.4, -0.2) is 33.6 Å². The van der Waals surface area contributed by atoms with Gasteiger partial charge in [0.15, 0.2) is 5.65 Å². The molecule has 7 heteroatoms. The minimum absolute atomic E-state index is 0.363. The molecule has 7 nitrogen and oxygen atoms in total. The Morgan fingerprint density at radius 3 is 2.55 bits per heavy atom. The summed E-state index contributed by atoms with van der Waals surface area (Å²) in [5, 5.41) is 6.61. The molecule has 1 aliphatic heterocycles. The summed E-state index contributed by atoms with van der Waals surface area (Å²) < 4.78 is 7.63. The second-order valence-corrected chi connectivity index (χ2v) is 7.21. The predicted octanol–water partition coefficient (Wildman–Crippen LogP) is 3.30. The van der Waals surface area contributed by atoms with Crippen molar-refractivity contribution in [2.45, 2.75) is 12.3 Å². The van der Waals surface area contributed by atoms with Gasteiger partial charge in [0.05, 0.1) is 17.6 Å². The number of nitrogens with zero attached hydrogens (tertiary/aromatic N) is 2. The Bertz CT molecular complexity index is 1160. The normalized spacial score (nSPS) is 16.3. The van der Waals surface area contributed by atoms with Crippen LogP contribution in [0.15, 0.2) is 60.8 Å². The highest BCUT2D eigenvalue weighted by atomic mass is 16.5. The topological polar surface area (TPSA) is 97.4 Å². The lowest BCUT2D eigenvalue weighted by Gasteiger charge is -2.07. The van der Waals surface area contributed by atoms with E-state index in [4.69, 9.17) is 15.5 Å². The molecule has 2 aromatic carbocycles. The molecule has 1 atom stereocenters. The number of aromatic nitrogens is 3. The van der Waals surface area contributed by atoms with Crippen molar-refractivity contribution in [1.82, 2.24) is 19.9 Å². The average Bonchev–Trinajstić information content (AvgIpc) is 3.44. The first-order valence-corrected chi connectivity index (χ1v) is 9.64. The van der Waals surface area contributed by atoms with Gasteiger partial charge < -0.3 is 15.8 Å². The van der Waals surface area contributed by atoms with Crippen LogP contribution in [-0.2, 0) is 0 Å². The minimum atomic E-state index is -0.502. The van der Waals surface area contributed by atoms with Gasteiger partial charge in [-0.15, -0.1) is 0 Å². The minimum Gasteiger partial charge on any atom is -0.457 e. The van der Waals surface area contributed by atoms with Gasteiger partial charge in [-0.1, -0.05) is 18.2 Å². The Balaban J connectivity index is 1.48. The number of nitrogens with one attached hydrogen (secondary N) is 2. The number of hydrogen-bond donors (Lipinski definition) is 3. The fourth-order valence-corrected chi connectivity index (χ4v) is 3.81. The van der Waals surface area contributed by atoms with Gasteiger partial charge in [0.2, 0.25) is 0 Å². The maximum atomic E-state index is 12.2. The molecule has 29 heavy (non-hydrogen) atoms. The van der Waals surface area contributed by atoms with Gasteiger partial charge >= 0.3 is 0 Å². The van der Waals surface area contributed by atoms with Crippen molar-refractivity contribution in [2.75, 3.05) is 13.1 Å². The van der Waals surface area contributed by atoms with Gasteiger partial charge in [-0.2, -0.15) is 0 Å². The van der Waals surface area contributed by atoms with Crippen LogP contribution in [0, 0.1) is 0 Å². The molecule has 5 rings (SSSR count). The highest BCUT2D eigenvalue weighted by Crippen LogP contribution is 2.30. The summed E-state index contributed by atoms with van der Waals surface area (Å²) in [4.78, 5) is 16.9. The maximum Gasteiger partial charge on any atom is 0.254 e. The molecule has 0 bridgehead atoms. The van der Waals surface area contributed by atoms with Crippen LogP contribution in [0.25, 0.3) is 16.9 Å². The summed E-state index contributed by atoms with van der Waals surface area (Å²) >= 11 is 0. The molecule has 4 aromatic rings. The molecule has 1 amide bonds. The third-order valence-electron chi connectivity index (χ3n) is 5.28. The number of nitrogens with two attached hydrogens (primary N) is 1. The molecular formula is C22H21N5O2. The number of benzene rings is 2. The summed E-state index contributed by atoms with van der Waals surface area (Å²) in [6.45, 7) is 1.89. The third kappa shape index (κ3) is 3.25. The lowest BCUT2D eigenvalue weighted by molar-refractivity contribution is 0.100. The maximum absolute atomic E-state index is 12.2. The van der Waals surface area contributed by atoms with Gasteiger partial charge in [-0.05, 0) is 49.4 Å². The number of carbonyl (C=O) groups excluding carboxylic acids is 1. The monoisotopic (exact) mass is 387 g/mol. The second kappa shape index (κ2) is 7.10. The van der Waals surface area contributed by atoms with Crippen LogP contribution in [0.5, 0.6) is 11.5 Å². The van der Waals surface area contributed by atoms with Crippen LogP contribution >= 0.6 is 0 Å². The van der Waals surface area contributed by atoms with Crippen molar-refractivity contribution >= 4 is 11.6 Å². The fourth-order valence-electron chi connectivity index (χ4n) is 3.81. The van der Waals surface area contributed by atoms with Crippen molar-refractivity contribution in [3.05, 3.63) is 72.1 Å². The number of hydrogen-bond acceptors (Lipinski definition) is 4. The Kier molecular flexibility index (Phi) is 4.29. The summed E-state index contributed by atoms with van der Waals surface area (Å²) in [7, 11) is 0. The zero-order valence-electron chi connectivity index (χ0n) is 15.8. The molecule has 0 radical (unpaired) electrons. The van der Waals surface area contributed by atoms with Gasteiger partial charge in [-0.25, -0.2) is 9.50 Å². The molecule has 4 N–H and O–H groups in total. The molecule has 2 aromatic heterocycles. The number of aromatic amines is 1. The van der Waals surface area contributed by atoms with Crippen molar-refractivity contribution in [3.63, 3.8) is 0 Å². The number of rotatable bonds is 5. The lowest BCUT2D eigenvalue weighted by Crippen LogP contribution is -2.12. The van der Waals surface area contributed by atoms with Gasteiger partial charge in [0.25, 0.3) is 5.91 Å². The zero-order valence-corrected chi connectivity index (χ0v) is 15.8. The van der Waals surface area contributed by atoms with E-state index in [2.05, 4.69) is 10.4 Å². The molecule has 3 heterocycles. The molecular weight excluding hydrogens is 366 g/mol. The van der Waals surface area contributed by atoms with Gasteiger partial charge in [0.1, 0.15) is 17.1 Å². The Morgan fingerprint density at radius 2 is 1.86 bits per heavy atom. The molecule has 0 aliphatic carbocycles. The Hall–Kier alpha value is -3.58. The van der Waals surface area contributed by atoms with Crippen molar-refractivity contribution in [2.24, 2.45) is 5.73 Å². The molecule has 1 saturated heterocycles. The van der Waals surface area contributed by atoms with E-state index in [-0.39, 0.29) is 0 Å². The number of amides is 1. The van der Waals surface area contributed by atoms with E-state index < -0.39 is 5.91 Å². The van der Waals surface area contributed by atoms with Crippen LogP contribution < -0.4 is 15.8 Å². The SMILES string of the molecule is NC(=O)c1c(-c2ccc(Oc3ccccc3)cc2)[nH]n2cc(C3CCNC3)nc12. The molecule has 1 aliphatic rings. The van der Waals surface area contributed by atoms with E-state index in [9.17, 15) is 4.79 Å². The summed E-state index contributed by atoms with van der Waals surface area (Å²) in [5.41, 5.74) is 9.15. The fraction of sp³-hybridized carbons (Fsp3) is 0.182. The predicted molar refractivity (Wildman–Crippen MR) is 110 cm³/mol. The van der Waals surface area contributed by atoms with Crippen LogP contribution in [0.2, 0.25) is 0 Å². The highest BCUT2D eigenvalue weighted by molar-refractivity contribution is 6.04. The van der Waals surface area contributed by atoms with E-state index in [1.165, 1.54) is 0 Å². The smallest absolute Gasteiger partial charge is 0.254 e. The first-order valence-electron chi connectivity index (χ1n) is 9.64. The number of primary amides is 1. The molecule has 0 saturated carbocycles. The molecule has 0 spiro atoms. The number of ether oxygens (including phenoxy) is 1. The number of fused-ring (bicyclic) bond motifs is 1. The molecule has 1 unspecified atom stereocenters. The molecule has 146 valence electrons.